The average molecular weight is 439 g/mol. The maximum atomic E-state index is 12.3. The summed E-state index contributed by atoms with van der Waals surface area (Å²) in [7, 11) is 0. The maximum absolute atomic E-state index is 12.3. The molecule has 0 aliphatic heterocycles. The van der Waals surface area contributed by atoms with Crippen molar-refractivity contribution in [1.29, 1.82) is 0 Å². The lowest BCUT2D eigenvalue weighted by atomic mass is 9.99. The minimum absolute atomic E-state index is 0.351. The highest BCUT2D eigenvalue weighted by Crippen LogP contribution is 2.32. The van der Waals surface area contributed by atoms with E-state index >= 15 is 0 Å². The van der Waals surface area contributed by atoms with Crippen LogP contribution in [-0.4, -0.2) is 36.2 Å². The molecule has 164 valence electrons. The third kappa shape index (κ3) is 11.9. The molecule has 0 saturated carbocycles. The van der Waals surface area contributed by atoms with E-state index in [-0.39, 0.29) is 5.75 Å². The van der Waals surface area contributed by atoms with Gasteiger partial charge in [0.05, 0.1) is 5.56 Å². The summed E-state index contributed by atoms with van der Waals surface area (Å²) < 4.78 is 82.2. The second kappa shape index (κ2) is 12.0. The van der Waals surface area contributed by atoms with E-state index in [1.54, 1.807) is 0 Å². The minimum Gasteiger partial charge on any atom is -0.484 e. The number of Topliss-reactive ketones (excluding diaryl/α,β-unsaturated/α-hetero) is 1. The van der Waals surface area contributed by atoms with Gasteiger partial charge in [-0.05, 0) is 32.0 Å². The maximum Gasteiger partial charge on any atom is 0.422 e. The van der Waals surface area contributed by atoms with Gasteiger partial charge in [-0.3, -0.25) is 4.79 Å². The molecule has 0 atom stereocenters. The van der Waals surface area contributed by atoms with Crippen LogP contribution in [0.25, 0.3) is 0 Å². The topological polar surface area (TPSA) is 35.5 Å². The molecule has 0 aliphatic rings. The highest BCUT2D eigenvalue weighted by Gasteiger charge is 2.33. The molecule has 0 bridgehead atoms. The van der Waals surface area contributed by atoms with Crippen LogP contribution in [0, 0.1) is 0 Å². The van der Waals surface area contributed by atoms with E-state index in [4.69, 9.17) is 11.6 Å². The summed E-state index contributed by atoms with van der Waals surface area (Å²) >= 11 is 5.83. The number of ether oxygens (including phenoxy) is 2. The number of hydrogen-bond donors (Lipinski definition) is 0. The Labute approximate surface area is 166 Å². The zero-order valence-electron chi connectivity index (χ0n) is 16.5. The van der Waals surface area contributed by atoms with Crippen LogP contribution in [0.15, 0.2) is 18.2 Å². The van der Waals surface area contributed by atoms with Gasteiger partial charge in [-0.15, -0.1) is 11.6 Å². The third-order valence-electron chi connectivity index (χ3n) is 2.53. The lowest BCUT2D eigenvalue weighted by Crippen LogP contribution is -2.27. The van der Waals surface area contributed by atoms with Crippen LogP contribution in [0.2, 0.25) is 0 Å². The Morgan fingerprint density at radius 3 is 1.71 bits per heavy atom. The van der Waals surface area contributed by atoms with Crippen LogP contribution in [0.4, 0.5) is 26.3 Å². The third-order valence-corrected chi connectivity index (χ3v) is 2.70. The fourth-order valence-electron chi connectivity index (χ4n) is 1.55. The lowest BCUT2D eigenvalue weighted by molar-refractivity contribution is -0.154. The predicted molar refractivity (Wildman–Crippen MR) is 96.5 cm³/mol. The summed E-state index contributed by atoms with van der Waals surface area (Å²) in [5.74, 6) is -1.62. The number of halogens is 7. The second-order valence-electron chi connectivity index (χ2n) is 5.27. The average Bonchev–Trinajstić information content (AvgIpc) is 2.59. The van der Waals surface area contributed by atoms with E-state index < -0.39 is 47.5 Å². The van der Waals surface area contributed by atoms with E-state index in [1.807, 2.05) is 27.7 Å². The number of benzene rings is 1. The summed E-state index contributed by atoms with van der Waals surface area (Å²) in [6, 6.07) is 2.76. The van der Waals surface area contributed by atoms with E-state index in [2.05, 4.69) is 9.47 Å². The summed E-state index contributed by atoms with van der Waals surface area (Å²) in [5.41, 5.74) is -0.404. The zero-order valence-corrected chi connectivity index (χ0v) is 17.3. The zero-order chi connectivity index (χ0) is 22.8. The molecule has 28 heavy (non-hydrogen) atoms. The Bertz CT molecular complexity index is 592. The summed E-state index contributed by atoms with van der Waals surface area (Å²) in [6.45, 7) is 7.29. The quantitative estimate of drug-likeness (QED) is 0.277. The molecule has 3 nitrogen and oxygen atoms in total. The fraction of sp³-hybridized carbons (Fsp3) is 0.611. The van der Waals surface area contributed by atoms with Crippen molar-refractivity contribution in [3.63, 3.8) is 0 Å². The summed E-state index contributed by atoms with van der Waals surface area (Å²) in [5, 5.41) is 0. The molecule has 0 aliphatic carbocycles. The van der Waals surface area contributed by atoms with Gasteiger partial charge in [0.25, 0.3) is 0 Å². The van der Waals surface area contributed by atoms with Crippen molar-refractivity contribution in [1.82, 2.24) is 0 Å². The molecule has 0 radical (unpaired) electrons. The number of alkyl halides is 7. The monoisotopic (exact) mass is 438 g/mol. The number of ketones is 1. The largest absolute Gasteiger partial charge is 0.484 e. The minimum atomic E-state index is -4.65. The van der Waals surface area contributed by atoms with Crippen molar-refractivity contribution in [2.24, 2.45) is 0 Å². The molecule has 1 aromatic rings. The molecule has 0 spiro atoms. The molecule has 0 fully saturated rings. The highest BCUT2D eigenvalue weighted by atomic mass is 35.5. The molecule has 1 rings (SSSR count). The normalized spacial score (nSPS) is 11.5. The van der Waals surface area contributed by atoms with Gasteiger partial charge in [-0.25, -0.2) is 0 Å². The van der Waals surface area contributed by atoms with Crippen molar-refractivity contribution in [3.05, 3.63) is 23.8 Å². The second-order valence-corrected chi connectivity index (χ2v) is 6.21. The molecule has 0 heterocycles. The Balaban J connectivity index is 0. The smallest absolute Gasteiger partial charge is 0.422 e. The Morgan fingerprint density at radius 1 is 0.893 bits per heavy atom. The highest BCUT2D eigenvalue weighted by molar-refractivity contribution is 6.37. The summed E-state index contributed by atoms with van der Waals surface area (Å²) in [6.07, 6.45) is -9.26. The van der Waals surface area contributed by atoms with E-state index in [0.717, 1.165) is 18.2 Å². The van der Waals surface area contributed by atoms with Crippen molar-refractivity contribution in [2.75, 3.05) is 13.2 Å². The molecule has 0 saturated heterocycles. The molecular formula is C18H25ClF6O3. The first-order valence-electron chi connectivity index (χ1n) is 8.46. The number of carbonyl (C=O) groups excluding carboxylic acids is 1. The first-order valence-corrected chi connectivity index (χ1v) is 8.84. The van der Waals surface area contributed by atoms with Crippen LogP contribution in [0.5, 0.6) is 11.5 Å². The predicted octanol–water partition coefficient (Wildman–Crippen LogP) is 6.82. The van der Waals surface area contributed by atoms with Gasteiger partial charge in [-0.2, -0.15) is 26.3 Å². The summed E-state index contributed by atoms with van der Waals surface area (Å²) in [4.78, 5) is 10.7. The number of hydrogen-bond acceptors (Lipinski definition) is 3. The molecule has 1 aromatic carbocycles. The van der Waals surface area contributed by atoms with Gasteiger partial charge in [0.15, 0.2) is 19.0 Å². The van der Waals surface area contributed by atoms with Crippen molar-refractivity contribution in [3.8, 4) is 11.5 Å². The molecular weight excluding hydrogens is 414 g/mol. The van der Waals surface area contributed by atoms with E-state index in [1.165, 1.54) is 13.8 Å². The van der Waals surface area contributed by atoms with Crippen LogP contribution >= 0.6 is 11.6 Å². The lowest BCUT2D eigenvalue weighted by Gasteiger charge is -2.19. The molecule has 0 amide bonds. The first kappa shape index (κ1) is 28.6. The number of carbonyl (C=O) groups is 1. The van der Waals surface area contributed by atoms with Crippen molar-refractivity contribution < 1.29 is 40.6 Å². The van der Waals surface area contributed by atoms with E-state index in [9.17, 15) is 31.1 Å². The Hall–Kier alpha value is -1.64. The van der Waals surface area contributed by atoms with Crippen LogP contribution in [0.3, 0.4) is 0 Å². The fourth-order valence-corrected chi connectivity index (χ4v) is 1.65. The SMILES string of the molecule is CC.CC.CC(C)(Cl)C(=O)c1cc(OCC(F)(F)F)ccc1OCC(F)(F)F. The van der Waals surface area contributed by atoms with Gasteiger partial charge in [0.2, 0.25) is 0 Å². The van der Waals surface area contributed by atoms with Gasteiger partial charge in [-0.1, -0.05) is 27.7 Å². The van der Waals surface area contributed by atoms with E-state index in [0.29, 0.717) is 0 Å². The molecule has 0 unspecified atom stereocenters. The van der Waals surface area contributed by atoms with Crippen molar-refractivity contribution in [2.45, 2.75) is 58.8 Å². The van der Waals surface area contributed by atoms with Crippen LogP contribution < -0.4 is 9.47 Å². The van der Waals surface area contributed by atoms with Gasteiger partial charge >= 0.3 is 12.4 Å². The van der Waals surface area contributed by atoms with Crippen LogP contribution in [-0.2, 0) is 0 Å². The number of rotatable bonds is 6. The van der Waals surface area contributed by atoms with Gasteiger partial charge < -0.3 is 9.47 Å². The van der Waals surface area contributed by atoms with Crippen molar-refractivity contribution >= 4 is 17.4 Å². The van der Waals surface area contributed by atoms with Gasteiger partial charge in [0, 0.05) is 0 Å². The molecule has 0 N–H and O–H groups in total. The van der Waals surface area contributed by atoms with Crippen LogP contribution in [0.1, 0.15) is 51.9 Å². The molecule has 0 aromatic heterocycles. The molecule has 10 heteroatoms. The standard InChI is InChI=1S/C14H13ClF6O3.2C2H6/c1-12(2,15)11(22)9-5-8(23-6-13(16,17)18)3-4-10(9)24-7-14(19,20)21;2*1-2/h3-5H,6-7H2,1-2H3;2*1-2H3. The first-order chi connectivity index (χ1) is 12.7. The Kier molecular flexibility index (Phi) is 12.3. The van der Waals surface area contributed by atoms with Gasteiger partial charge in [0.1, 0.15) is 16.4 Å². The Morgan fingerprint density at radius 2 is 1.32 bits per heavy atom.